The van der Waals surface area contributed by atoms with Crippen molar-refractivity contribution in [2.24, 2.45) is 0 Å². The zero-order valence-corrected chi connectivity index (χ0v) is 12.2. The van der Waals surface area contributed by atoms with Crippen LogP contribution < -0.4 is 5.32 Å². The third-order valence-corrected chi connectivity index (χ3v) is 5.78. The van der Waals surface area contributed by atoms with E-state index in [-0.39, 0.29) is 11.3 Å². The Morgan fingerprint density at radius 3 is 3.05 bits per heavy atom. The van der Waals surface area contributed by atoms with Crippen molar-refractivity contribution >= 4 is 15.8 Å². The van der Waals surface area contributed by atoms with Crippen molar-refractivity contribution in [3.05, 3.63) is 12.4 Å². The van der Waals surface area contributed by atoms with Gasteiger partial charge >= 0.3 is 0 Å². The standard InChI is InChI=1S/C12H21N3O3S/c1-10(9-18-2)15-6-5-13-12(15)14-8-11-4-3-7-19(11,16)17/h5-6,10-11H,3-4,7-9H2,1-2H3,(H,13,14). The molecule has 1 saturated heterocycles. The molecule has 2 unspecified atom stereocenters. The molecule has 2 atom stereocenters. The summed E-state index contributed by atoms with van der Waals surface area (Å²) in [5, 5.41) is 2.87. The van der Waals surface area contributed by atoms with E-state index in [1.54, 1.807) is 13.3 Å². The fourth-order valence-electron chi connectivity index (χ4n) is 2.42. The second-order valence-electron chi connectivity index (χ2n) is 4.97. The Hall–Kier alpha value is -1.08. The second-order valence-corrected chi connectivity index (χ2v) is 7.38. The smallest absolute Gasteiger partial charge is 0.203 e. The fraction of sp³-hybridized carbons (Fsp3) is 0.750. The highest BCUT2D eigenvalue weighted by Crippen LogP contribution is 2.21. The van der Waals surface area contributed by atoms with Crippen molar-refractivity contribution in [1.29, 1.82) is 0 Å². The van der Waals surface area contributed by atoms with Crippen LogP contribution in [0.4, 0.5) is 5.95 Å². The highest BCUT2D eigenvalue weighted by Gasteiger charge is 2.31. The molecule has 0 saturated carbocycles. The number of imidazole rings is 1. The maximum atomic E-state index is 11.8. The maximum absolute atomic E-state index is 11.8. The number of hydrogen-bond donors (Lipinski definition) is 1. The summed E-state index contributed by atoms with van der Waals surface area (Å²) in [5.74, 6) is 1.01. The van der Waals surface area contributed by atoms with Crippen LogP contribution in [0.2, 0.25) is 0 Å². The quantitative estimate of drug-likeness (QED) is 0.847. The highest BCUT2D eigenvalue weighted by atomic mass is 32.2. The van der Waals surface area contributed by atoms with Gasteiger partial charge < -0.3 is 14.6 Å². The monoisotopic (exact) mass is 287 g/mol. The number of hydrogen-bond acceptors (Lipinski definition) is 5. The normalized spacial score (nSPS) is 23.4. The molecule has 2 heterocycles. The Bertz CT molecular complexity index is 512. The number of ether oxygens (including phenoxy) is 1. The number of methoxy groups -OCH3 is 1. The highest BCUT2D eigenvalue weighted by molar-refractivity contribution is 7.92. The topological polar surface area (TPSA) is 73.2 Å². The van der Waals surface area contributed by atoms with Crippen LogP contribution in [0.3, 0.4) is 0 Å². The Morgan fingerprint density at radius 1 is 1.63 bits per heavy atom. The van der Waals surface area contributed by atoms with Crippen LogP contribution in [0.1, 0.15) is 25.8 Å². The predicted octanol–water partition coefficient (Wildman–Crippen LogP) is 1.08. The van der Waals surface area contributed by atoms with Crippen LogP contribution in [0.5, 0.6) is 0 Å². The molecule has 0 radical (unpaired) electrons. The molecule has 1 aliphatic heterocycles. The molecular formula is C12H21N3O3S. The van der Waals surface area contributed by atoms with Gasteiger partial charge in [-0.3, -0.25) is 0 Å². The van der Waals surface area contributed by atoms with Gasteiger partial charge in [0.1, 0.15) is 0 Å². The Labute approximate surface area is 114 Å². The first kappa shape index (κ1) is 14.3. The van der Waals surface area contributed by atoms with E-state index in [2.05, 4.69) is 10.3 Å². The molecule has 108 valence electrons. The van der Waals surface area contributed by atoms with Gasteiger partial charge in [0.15, 0.2) is 9.84 Å². The largest absolute Gasteiger partial charge is 0.383 e. The van der Waals surface area contributed by atoms with E-state index < -0.39 is 9.84 Å². The van der Waals surface area contributed by atoms with E-state index >= 15 is 0 Å². The Balaban J connectivity index is 1.99. The molecule has 6 nitrogen and oxygen atoms in total. The molecule has 0 spiro atoms. The van der Waals surface area contributed by atoms with Crippen LogP contribution in [0, 0.1) is 0 Å². The molecule has 1 aromatic heterocycles. The molecule has 7 heteroatoms. The number of nitrogens with one attached hydrogen (secondary N) is 1. The number of nitrogens with zero attached hydrogens (tertiary/aromatic N) is 2. The molecule has 0 amide bonds. The summed E-state index contributed by atoms with van der Waals surface area (Å²) < 4.78 is 30.6. The maximum Gasteiger partial charge on any atom is 0.203 e. The average Bonchev–Trinajstić information content (AvgIpc) is 2.93. The van der Waals surface area contributed by atoms with Crippen molar-refractivity contribution in [2.75, 3.05) is 31.3 Å². The number of anilines is 1. The summed E-state index contributed by atoms with van der Waals surface area (Å²) in [6, 6.07) is 0.162. The second kappa shape index (κ2) is 5.92. The minimum absolute atomic E-state index is 0.162. The van der Waals surface area contributed by atoms with Crippen LogP contribution in [0.25, 0.3) is 0 Å². The summed E-state index contributed by atoms with van der Waals surface area (Å²) in [6.07, 6.45) is 5.08. The third kappa shape index (κ3) is 3.27. The molecule has 19 heavy (non-hydrogen) atoms. The van der Waals surface area contributed by atoms with Crippen LogP contribution in [-0.4, -0.2) is 49.2 Å². The van der Waals surface area contributed by atoms with Gasteiger partial charge in [-0.15, -0.1) is 0 Å². The van der Waals surface area contributed by atoms with Gasteiger partial charge in [-0.1, -0.05) is 0 Å². The minimum Gasteiger partial charge on any atom is -0.383 e. The summed E-state index contributed by atoms with van der Waals surface area (Å²) >= 11 is 0. The lowest BCUT2D eigenvalue weighted by atomic mass is 10.2. The van der Waals surface area contributed by atoms with E-state index in [9.17, 15) is 8.42 Å². The SMILES string of the molecule is COCC(C)n1ccnc1NCC1CCCS1(=O)=O. The van der Waals surface area contributed by atoms with E-state index in [1.807, 2.05) is 17.7 Å². The Kier molecular flexibility index (Phi) is 4.46. The first-order chi connectivity index (χ1) is 9.04. The average molecular weight is 287 g/mol. The van der Waals surface area contributed by atoms with Gasteiger partial charge in [0.25, 0.3) is 0 Å². The number of rotatable bonds is 6. The van der Waals surface area contributed by atoms with Crippen molar-refractivity contribution in [3.8, 4) is 0 Å². The minimum atomic E-state index is -2.91. The molecule has 1 aliphatic rings. The van der Waals surface area contributed by atoms with Crippen molar-refractivity contribution in [3.63, 3.8) is 0 Å². The lowest BCUT2D eigenvalue weighted by molar-refractivity contribution is 0.163. The molecular weight excluding hydrogens is 266 g/mol. The van der Waals surface area contributed by atoms with Gasteiger partial charge in [0.05, 0.1) is 23.7 Å². The number of aromatic nitrogens is 2. The van der Waals surface area contributed by atoms with E-state index in [0.717, 1.165) is 12.8 Å². The lowest BCUT2D eigenvalue weighted by Crippen LogP contribution is -2.26. The molecule has 0 bridgehead atoms. The van der Waals surface area contributed by atoms with Crippen LogP contribution in [-0.2, 0) is 14.6 Å². The lowest BCUT2D eigenvalue weighted by Gasteiger charge is -2.17. The number of sulfone groups is 1. The zero-order chi connectivity index (χ0) is 13.9. The van der Waals surface area contributed by atoms with Gasteiger partial charge in [-0.25, -0.2) is 13.4 Å². The molecule has 1 aromatic rings. The summed E-state index contributed by atoms with van der Waals surface area (Å²) in [7, 11) is -1.25. The molecule has 2 rings (SSSR count). The van der Waals surface area contributed by atoms with Gasteiger partial charge in [0.2, 0.25) is 5.95 Å². The van der Waals surface area contributed by atoms with Crippen molar-refractivity contribution in [1.82, 2.24) is 9.55 Å². The summed E-state index contributed by atoms with van der Waals surface area (Å²) in [6.45, 7) is 3.05. The zero-order valence-electron chi connectivity index (χ0n) is 11.4. The first-order valence-corrected chi connectivity index (χ1v) is 8.23. The van der Waals surface area contributed by atoms with E-state index in [0.29, 0.717) is 24.9 Å². The van der Waals surface area contributed by atoms with Gasteiger partial charge in [0, 0.05) is 26.0 Å². The molecule has 1 fully saturated rings. The van der Waals surface area contributed by atoms with Gasteiger partial charge in [-0.2, -0.15) is 0 Å². The Morgan fingerprint density at radius 2 is 2.42 bits per heavy atom. The predicted molar refractivity (Wildman–Crippen MR) is 74.1 cm³/mol. The fourth-order valence-corrected chi connectivity index (χ4v) is 4.19. The van der Waals surface area contributed by atoms with E-state index in [1.165, 1.54) is 0 Å². The van der Waals surface area contributed by atoms with Crippen molar-refractivity contribution < 1.29 is 13.2 Å². The summed E-state index contributed by atoms with van der Waals surface area (Å²) in [5.41, 5.74) is 0. The van der Waals surface area contributed by atoms with Crippen LogP contribution in [0.15, 0.2) is 12.4 Å². The van der Waals surface area contributed by atoms with E-state index in [4.69, 9.17) is 4.74 Å². The van der Waals surface area contributed by atoms with Crippen molar-refractivity contribution in [2.45, 2.75) is 31.1 Å². The molecule has 0 aromatic carbocycles. The molecule has 1 N–H and O–H groups in total. The summed E-state index contributed by atoms with van der Waals surface area (Å²) in [4.78, 5) is 4.23. The van der Waals surface area contributed by atoms with Gasteiger partial charge in [-0.05, 0) is 19.8 Å². The molecule has 0 aliphatic carbocycles. The van der Waals surface area contributed by atoms with Crippen LogP contribution >= 0.6 is 0 Å². The third-order valence-electron chi connectivity index (χ3n) is 3.50. The first-order valence-electron chi connectivity index (χ1n) is 6.52.